The molecule has 1 amide bonds. The van der Waals surface area contributed by atoms with Crippen LogP contribution in [0.1, 0.15) is 17.9 Å². The highest BCUT2D eigenvalue weighted by Crippen LogP contribution is 2.40. The number of likely N-dealkylation sites (tertiary alicyclic amines) is 1. The fraction of sp³-hybridized carbons (Fsp3) is 0.444. The first-order valence-corrected chi connectivity index (χ1v) is 8.09. The number of oxazole rings is 1. The average molecular weight is 312 g/mol. The lowest BCUT2D eigenvalue weighted by Gasteiger charge is -2.34. The molecule has 23 heavy (non-hydrogen) atoms. The predicted octanol–water partition coefficient (Wildman–Crippen LogP) is 2.03. The molecule has 5 nitrogen and oxygen atoms in total. The van der Waals surface area contributed by atoms with Crippen LogP contribution in [0.2, 0.25) is 0 Å². The van der Waals surface area contributed by atoms with Crippen molar-refractivity contribution in [1.29, 1.82) is 0 Å². The molecule has 2 fully saturated rings. The van der Waals surface area contributed by atoms with Crippen molar-refractivity contribution < 1.29 is 14.3 Å². The Hall–Kier alpha value is -2.14. The smallest absolute Gasteiger partial charge is 0.228 e. The van der Waals surface area contributed by atoms with E-state index in [1.165, 1.54) is 0 Å². The minimum absolute atomic E-state index is 0.0719. The fourth-order valence-electron chi connectivity index (χ4n) is 3.63. The number of carbonyl (C=O) groups is 1. The third-order valence-electron chi connectivity index (χ3n) is 5.11. The van der Waals surface area contributed by atoms with Crippen molar-refractivity contribution in [3.05, 3.63) is 41.8 Å². The molecule has 0 unspecified atom stereocenters. The third-order valence-corrected chi connectivity index (χ3v) is 5.11. The van der Waals surface area contributed by atoms with Crippen LogP contribution < -0.4 is 0 Å². The summed E-state index contributed by atoms with van der Waals surface area (Å²) in [6.07, 6.45) is 0.865. The highest BCUT2D eigenvalue weighted by molar-refractivity contribution is 5.79. The zero-order valence-corrected chi connectivity index (χ0v) is 13.1. The second-order valence-corrected chi connectivity index (χ2v) is 6.59. The van der Waals surface area contributed by atoms with Crippen molar-refractivity contribution in [2.45, 2.75) is 25.9 Å². The molecule has 1 aliphatic carbocycles. The summed E-state index contributed by atoms with van der Waals surface area (Å²) in [5.74, 6) is 2.08. The monoisotopic (exact) mass is 312 g/mol. The van der Waals surface area contributed by atoms with E-state index in [4.69, 9.17) is 4.42 Å². The molecule has 1 aliphatic heterocycles. The molecule has 120 valence electrons. The lowest BCUT2D eigenvalue weighted by molar-refractivity contribution is -0.129. The van der Waals surface area contributed by atoms with Gasteiger partial charge in [0.25, 0.3) is 0 Å². The predicted molar refractivity (Wildman–Crippen MR) is 84.6 cm³/mol. The molecule has 2 heterocycles. The molecule has 4 rings (SSSR count). The molecule has 1 saturated carbocycles. The standard InChI is InChI=1S/C18H20N2O3/c1-11-15(19-18(23-11)12-5-3-2-4-6-12)8-17(22)20-9-13-7-16(21)14(13)10-20/h2-6,13-14,16,21H,7-10H2,1H3/t13-,14+,16-/m1/s1. The van der Waals surface area contributed by atoms with Gasteiger partial charge < -0.3 is 14.4 Å². The Kier molecular flexibility index (Phi) is 3.45. The molecule has 1 aromatic carbocycles. The molecule has 2 aromatic rings. The van der Waals surface area contributed by atoms with E-state index in [2.05, 4.69) is 4.98 Å². The van der Waals surface area contributed by atoms with Crippen LogP contribution in [-0.4, -0.2) is 40.1 Å². The van der Waals surface area contributed by atoms with E-state index >= 15 is 0 Å². The van der Waals surface area contributed by atoms with Gasteiger partial charge >= 0.3 is 0 Å². The van der Waals surface area contributed by atoms with Crippen LogP contribution in [-0.2, 0) is 11.2 Å². The second kappa shape index (κ2) is 5.49. The number of aromatic nitrogens is 1. The topological polar surface area (TPSA) is 66.6 Å². The molecule has 0 spiro atoms. The van der Waals surface area contributed by atoms with E-state index in [9.17, 15) is 9.90 Å². The Balaban J connectivity index is 1.47. The number of benzene rings is 1. The lowest BCUT2D eigenvalue weighted by atomic mass is 9.74. The number of hydrogen-bond donors (Lipinski definition) is 1. The van der Waals surface area contributed by atoms with Gasteiger partial charge in [0.05, 0.1) is 18.2 Å². The van der Waals surface area contributed by atoms with Crippen molar-refractivity contribution in [3.8, 4) is 11.5 Å². The number of fused-ring (bicyclic) bond motifs is 1. The highest BCUT2D eigenvalue weighted by atomic mass is 16.4. The van der Waals surface area contributed by atoms with Gasteiger partial charge in [-0.25, -0.2) is 4.98 Å². The van der Waals surface area contributed by atoms with Crippen LogP contribution >= 0.6 is 0 Å². The second-order valence-electron chi connectivity index (χ2n) is 6.59. The molecule has 3 atom stereocenters. The molecular formula is C18H20N2O3. The van der Waals surface area contributed by atoms with Crippen LogP contribution in [0.3, 0.4) is 0 Å². The molecule has 0 bridgehead atoms. The molecular weight excluding hydrogens is 292 g/mol. The Bertz CT molecular complexity index is 725. The minimum Gasteiger partial charge on any atom is -0.441 e. The number of nitrogens with zero attached hydrogens (tertiary/aromatic N) is 2. The molecule has 2 aliphatic rings. The van der Waals surface area contributed by atoms with Crippen LogP contribution in [0.25, 0.3) is 11.5 Å². The van der Waals surface area contributed by atoms with Crippen LogP contribution in [0.4, 0.5) is 0 Å². The van der Waals surface area contributed by atoms with Gasteiger partial charge in [-0.15, -0.1) is 0 Å². The summed E-state index contributed by atoms with van der Waals surface area (Å²) >= 11 is 0. The van der Waals surface area contributed by atoms with Crippen LogP contribution in [0, 0.1) is 18.8 Å². The third kappa shape index (κ3) is 2.55. The molecule has 5 heteroatoms. The van der Waals surface area contributed by atoms with Gasteiger partial charge in [0.1, 0.15) is 5.76 Å². The van der Waals surface area contributed by atoms with E-state index in [1.54, 1.807) is 0 Å². The van der Waals surface area contributed by atoms with Crippen molar-refractivity contribution in [2.24, 2.45) is 11.8 Å². The van der Waals surface area contributed by atoms with Crippen molar-refractivity contribution >= 4 is 5.91 Å². The summed E-state index contributed by atoms with van der Waals surface area (Å²) in [5, 5.41) is 9.72. The highest BCUT2D eigenvalue weighted by Gasteiger charge is 2.47. The molecule has 1 aromatic heterocycles. The number of rotatable bonds is 3. The van der Waals surface area contributed by atoms with E-state index < -0.39 is 0 Å². The molecule has 1 N–H and O–H groups in total. The van der Waals surface area contributed by atoms with Gasteiger partial charge in [-0.3, -0.25) is 4.79 Å². The largest absolute Gasteiger partial charge is 0.441 e. The first kappa shape index (κ1) is 14.5. The summed E-state index contributed by atoms with van der Waals surface area (Å²) in [4.78, 5) is 18.9. The number of aryl methyl sites for hydroxylation is 1. The SMILES string of the molecule is Cc1oc(-c2ccccc2)nc1CC(=O)N1C[C@H]2C[C@@H](O)[C@H]2C1. The maximum Gasteiger partial charge on any atom is 0.228 e. The number of aliphatic hydroxyl groups is 1. The lowest BCUT2D eigenvalue weighted by Crippen LogP contribution is -2.39. The van der Waals surface area contributed by atoms with Crippen molar-refractivity contribution in [3.63, 3.8) is 0 Å². The maximum absolute atomic E-state index is 12.5. The maximum atomic E-state index is 12.5. The average Bonchev–Trinajstić information content (AvgIpc) is 3.09. The van der Waals surface area contributed by atoms with Crippen LogP contribution in [0.5, 0.6) is 0 Å². The molecule has 1 saturated heterocycles. The number of aliphatic hydroxyl groups excluding tert-OH is 1. The van der Waals surface area contributed by atoms with Crippen LogP contribution in [0.15, 0.2) is 34.7 Å². The summed E-state index contributed by atoms with van der Waals surface area (Å²) in [7, 11) is 0. The molecule has 0 radical (unpaired) electrons. The number of carbonyl (C=O) groups excluding carboxylic acids is 1. The van der Waals surface area contributed by atoms with Crippen molar-refractivity contribution in [1.82, 2.24) is 9.88 Å². The Morgan fingerprint density at radius 1 is 1.35 bits per heavy atom. The number of amides is 1. The Morgan fingerprint density at radius 3 is 2.83 bits per heavy atom. The first-order chi connectivity index (χ1) is 11.1. The zero-order chi connectivity index (χ0) is 16.0. The normalized spacial score (nSPS) is 26.0. The summed E-state index contributed by atoms with van der Waals surface area (Å²) in [5.41, 5.74) is 1.62. The Labute approximate surface area is 134 Å². The van der Waals surface area contributed by atoms with Gasteiger partial charge in [0.15, 0.2) is 0 Å². The quantitative estimate of drug-likeness (QED) is 0.942. The van der Waals surface area contributed by atoms with Gasteiger partial charge in [0.2, 0.25) is 11.8 Å². The van der Waals surface area contributed by atoms with E-state index in [0.717, 1.165) is 18.5 Å². The first-order valence-electron chi connectivity index (χ1n) is 8.09. The fourth-order valence-corrected chi connectivity index (χ4v) is 3.63. The zero-order valence-electron chi connectivity index (χ0n) is 13.1. The Morgan fingerprint density at radius 2 is 2.13 bits per heavy atom. The van der Waals surface area contributed by atoms with Crippen molar-refractivity contribution in [2.75, 3.05) is 13.1 Å². The summed E-state index contributed by atoms with van der Waals surface area (Å²) in [6.45, 7) is 3.29. The van der Waals surface area contributed by atoms with E-state index in [1.807, 2.05) is 42.2 Å². The summed E-state index contributed by atoms with van der Waals surface area (Å²) < 4.78 is 5.71. The number of hydrogen-bond acceptors (Lipinski definition) is 4. The van der Waals surface area contributed by atoms with E-state index in [0.29, 0.717) is 29.8 Å². The van der Waals surface area contributed by atoms with Gasteiger partial charge in [-0.05, 0) is 31.4 Å². The summed E-state index contributed by atoms with van der Waals surface area (Å²) in [6, 6.07) is 9.70. The van der Waals surface area contributed by atoms with Gasteiger partial charge in [0, 0.05) is 24.6 Å². The minimum atomic E-state index is -0.226. The van der Waals surface area contributed by atoms with Gasteiger partial charge in [-0.1, -0.05) is 18.2 Å². The van der Waals surface area contributed by atoms with E-state index in [-0.39, 0.29) is 24.3 Å². The van der Waals surface area contributed by atoms with Gasteiger partial charge in [-0.2, -0.15) is 0 Å².